The van der Waals surface area contributed by atoms with E-state index in [1.807, 2.05) is 24.6 Å². The molecule has 1 aromatic heterocycles. The lowest BCUT2D eigenvalue weighted by Crippen LogP contribution is -2.60. The van der Waals surface area contributed by atoms with Gasteiger partial charge in [-0.15, -0.1) is 6.58 Å². The number of ether oxygens (including phenoxy) is 3. The van der Waals surface area contributed by atoms with E-state index in [0.29, 0.717) is 24.0 Å². The van der Waals surface area contributed by atoms with Gasteiger partial charge in [0.25, 0.3) is 5.91 Å². The average Bonchev–Trinajstić information content (AvgIpc) is 3.96. The molecule has 2 aromatic rings. The predicted molar refractivity (Wildman–Crippen MR) is 200 cm³/mol. The van der Waals surface area contributed by atoms with Crippen LogP contribution < -0.4 is 24.8 Å². The number of carbonyl (C=O) groups is 4. The van der Waals surface area contributed by atoms with Crippen LogP contribution in [0.2, 0.25) is 0 Å². The summed E-state index contributed by atoms with van der Waals surface area (Å²) < 4.78 is 50.7. The van der Waals surface area contributed by atoms with Gasteiger partial charge in [-0.05, 0) is 81.0 Å². The number of alkyl carbamates (subject to hydrolysis) is 1. The molecule has 296 valence electrons. The summed E-state index contributed by atoms with van der Waals surface area (Å²) >= 11 is 0. The van der Waals surface area contributed by atoms with Crippen LogP contribution in [0.15, 0.2) is 43.1 Å². The first-order valence-electron chi connectivity index (χ1n) is 18.1. The van der Waals surface area contributed by atoms with Crippen molar-refractivity contribution in [2.24, 2.45) is 17.3 Å². The summed E-state index contributed by atoms with van der Waals surface area (Å²) in [5, 5.41) is 6.93. The molecule has 3 N–H and O–H groups in total. The van der Waals surface area contributed by atoms with E-state index in [1.165, 1.54) is 11.0 Å². The maximum absolute atomic E-state index is 14.5. The van der Waals surface area contributed by atoms with Crippen LogP contribution in [0.4, 0.5) is 4.79 Å². The molecule has 0 radical (unpaired) electrons. The Morgan fingerprint density at radius 3 is 2.31 bits per heavy atom. The maximum Gasteiger partial charge on any atom is 0.408 e. The van der Waals surface area contributed by atoms with E-state index in [1.54, 1.807) is 73.0 Å². The van der Waals surface area contributed by atoms with Crippen molar-refractivity contribution in [1.29, 1.82) is 0 Å². The molecular weight excluding hydrogens is 719 g/mol. The summed E-state index contributed by atoms with van der Waals surface area (Å²) in [6.07, 6.45) is 2.63. The van der Waals surface area contributed by atoms with Crippen LogP contribution in [-0.4, -0.2) is 90.7 Å². The van der Waals surface area contributed by atoms with Crippen LogP contribution in [0.1, 0.15) is 81.1 Å². The third-order valence-electron chi connectivity index (χ3n) is 10.2. The molecule has 5 rings (SSSR count). The number of hydrogen-bond acceptors (Lipinski definition) is 11. The summed E-state index contributed by atoms with van der Waals surface area (Å²) in [6.45, 7) is 17.8. The first-order chi connectivity index (χ1) is 25.0. The number of aromatic nitrogens is 1. The van der Waals surface area contributed by atoms with Gasteiger partial charge in [0, 0.05) is 23.9 Å². The number of fused-ring (bicyclic) bond motifs is 1. The molecule has 3 aliphatic rings. The van der Waals surface area contributed by atoms with Crippen molar-refractivity contribution >= 4 is 44.9 Å². The molecule has 1 aliphatic heterocycles. The lowest BCUT2D eigenvalue weighted by atomic mass is 9.85. The second-order valence-corrected chi connectivity index (χ2v) is 18.1. The Balaban J connectivity index is 1.43. The van der Waals surface area contributed by atoms with Crippen molar-refractivity contribution < 1.29 is 46.0 Å². The second kappa shape index (κ2) is 14.7. The number of nitrogens with zero attached hydrogens (tertiary/aromatic N) is 2. The quantitative estimate of drug-likeness (QED) is 0.248. The molecule has 2 saturated carbocycles. The highest BCUT2D eigenvalue weighted by molar-refractivity contribution is 7.85. The summed E-state index contributed by atoms with van der Waals surface area (Å²) in [4.78, 5) is 61.3. The number of likely N-dealkylation sites (tertiary alicyclic amines) is 1. The zero-order chi connectivity index (χ0) is 40.0. The van der Waals surface area contributed by atoms with E-state index in [4.69, 9.17) is 18.4 Å². The van der Waals surface area contributed by atoms with Gasteiger partial charge in [0.1, 0.15) is 35.1 Å². The van der Waals surface area contributed by atoms with E-state index < -0.39 is 80.4 Å². The Labute approximate surface area is 317 Å². The highest BCUT2D eigenvalue weighted by Gasteiger charge is 2.62. The fourth-order valence-corrected chi connectivity index (χ4v) is 8.03. The van der Waals surface area contributed by atoms with E-state index in [-0.39, 0.29) is 31.2 Å². The van der Waals surface area contributed by atoms with Crippen molar-refractivity contribution in [2.45, 2.75) is 116 Å². The minimum Gasteiger partial charge on any atom is -0.497 e. The molecule has 2 heterocycles. The summed E-state index contributed by atoms with van der Waals surface area (Å²) in [6, 6.07) is 4.87. The molecule has 16 heteroatoms. The number of benzene rings is 1. The maximum atomic E-state index is 14.5. The lowest BCUT2D eigenvalue weighted by Gasteiger charge is -2.36. The minimum atomic E-state index is -4.53. The number of amides is 4. The number of rotatable bonds is 13. The average molecular weight is 772 g/mol. The predicted octanol–water partition coefficient (Wildman–Crippen LogP) is 4.16. The van der Waals surface area contributed by atoms with Crippen molar-refractivity contribution in [2.75, 3.05) is 13.7 Å². The highest BCUT2D eigenvalue weighted by atomic mass is 32.2. The van der Waals surface area contributed by atoms with Crippen molar-refractivity contribution in [3.05, 3.63) is 43.1 Å². The monoisotopic (exact) mass is 771 g/mol. The van der Waals surface area contributed by atoms with Crippen LogP contribution in [0, 0.1) is 17.3 Å². The first-order valence-corrected chi connectivity index (χ1v) is 19.6. The van der Waals surface area contributed by atoms with Gasteiger partial charge in [-0.2, -0.15) is 8.42 Å². The lowest BCUT2D eigenvalue weighted by molar-refractivity contribution is -0.143. The molecule has 4 amide bonds. The Hall–Kier alpha value is -4.44. The molecule has 1 saturated heterocycles. The topological polar surface area (TPSA) is 192 Å². The molecule has 0 bridgehead atoms. The SMILES string of the molecule is C=C[C@@H]1C[C@]1(NC(=O)[C@@H]1C[C@@H](Oc2nccc3cc(OC)ccc23)CN1C(=O)[C@@H](NC(=O)OC(C)(C)C)C(C)(C)C)C(=O)NS(=O)(=O)OC1(C(C)C)CC1. The van der Waals surface area contributed by atoms with Gasteiger partial charge in [-0.1, -0.05) is 40.7 Å². The van der Waals surface area contributed by atoms with E-state index >= 15 is 0 Å². The summed E-state index contributed by atoms with van der Waals surface area (Å²) in [5.74, 6) is -2.05. The van der Waals surface area contributed by atoms with E-state index in [9.17, 15) is 27.6 Å². The molecule has 54 heavy (non-hydrogen) atoms. The molecule has 2 aliphatic carbocycles. The molecule has 1 aromatic carbocycles. The van der Waals surface area contributed by atoms with Crippen molar-refractivity contribution in [3.63, 3.8) is 0 Å². The number of methoxy groups -OCH3 is 1. The fraction of sp³-hybridized carbons (Fsp3) is 0.605. The first kappa shape index (κ1) is 40.7. The van der Waals surface area contributed by atoms with Gasteiger partial charge in [0.05, 0.1) is 19.3 Å². The van der Waals surface area contributed by atoms with Gasteiger partial charge >= 0.3 is 16.4 Å². The smallest absolute Gasteiger partial charge is 0.408 e. The molecule has 5 atom stereocenters. The number of nitrogens with one attached hydrogen (secondary N) is 3. The summed E-state index contributed by atoms with van der Waals surface area (Å²) in [5.41, 5.74) is -4.22. The third-order valence-corrected chi connectivity index (χ3v) is 11.2. The van der Waals surface area contributed by atoms with Crippen LogP contribution in [-0.2, 0) is 33.6 Å². The Morgan fingerprint density at radius 1 is 1.07 bits per heavy atom. The van der Waals surface area contributed by atoms with Crippen molar-refractivity contribution in [1.82, 2.24) is 25.2 Å². The number of pyridine rings is 1. The Kier molecular flexibility index (Phi) is 11.1. The van der Waals surface area contributed by atoms with Gasteiger partial charge in [0.15, 0.2) is 0 Å². The van der Waals surface area contributed by atoms with Crippen LogP contribution >= 0.6 is 0 Å². The Bertz CT molecular complexity index is 1920. The standard InChI is InChI=1S/C38H53N5O10S/c1-11-24-20-38(24,33(46)42-54(48,49)53-37(15-16-37)22(2)3)41-30(44)28-19-26(51-31-27-13-12-25(50-10)18-23(27)14-17-39-31)21-43(28)32(45)29(35(4,5)6)40-34(47)52-36(7,8)9/h11-14,17-18,22,24,26,28-29H,1,15-16,19-21H2,2-10H3,(H,40,47)(H,41,44)(H,42,46)/t24-,26-,28+,29-,38-/m1/s1. The zero-order valence-electron chi connectivity index (χ0n) is 32.5. The zero-order valence-corrected chi connectivity index (χ0v) is 33.3. The normalized spacial score (nSPS) is 24.0. The number of carbonyl (C=O) groups excluding carboxylic acids is 4. The van der Waals surface area contributed by atoms with Gasteiger partial charge in [-0.3, -0.25) is 14.4 Å². The van der Waals surface area contributed by atoms with Gasteiger partial charge < -0.3 is 29.7 Å². The molecular formula is C38H53N5O10S. The summed E-state index contributed by atoms with van der Waals surface area (Å²) in [7, 11) is -2.97. The van der Waals surface area contributed by atoms with E-state index in [0.717, 1.165) is 5.39 Å². The highest BCUT2D eigenvalue weighted by Crippen LogP contribution is 2.48. The van der Waals surface area contributed by atoms with Crippen LogP contribution in [0.5, 0.6) is 11.6 Å². The fourth-order valence-electron chi connectivity index (χ4n) is 6.78. The van der Waals surface area contributed by atoms with Gasteiger partial charge in [-0.25, -0.2) is 18.7 Å². The largest absolute Gasteiger partial charge is 0.497 e. The number of hydrogen-bond donors (Lipinski definition) is 3. The van der Waals surface area contributed by atoms with Crippen LogP contribution in [0.25, 0.3) is 10.8 Å². The van der Waals surface area contributed by atoms with Crippen molar-refractivity contribution in [3.8, 4) is 11.6 Å². The third kappa shape index (κ3) is 8.91. The minimum absolute atomic E-state index is 0.0101. The molecule has 0 unspecified atom stereocenters. The molecule has 15 nitrogen and oxygen atoms in total. The Morgan fingerprint density at radius 2 is 1.76 bits per heavy atom. The van der Waals surface area contributed by atoms with Crippen LogP contribution in [0.3, 0.4) is 0 Å². The molecule has 3 fully saturated rings. The second-order valence-electron chi connectivity index (χ2n) is 16.8. The van der Waals surface area contributed by atoms with Gasteiger partial charge in [0.2, 0.25) is 17.7 Å². The molecule has 0 spiro atoms. The van der Waals surface area contributed by atoms with E-state index in [2.05, 4.69) is 22.2 Å².